The zero-order valence-corrected chi connectivity index (χ0v) is 14.5. The lowest BCUT2D eigenvalue weighted by Crippen LogP contribution is -2.21. The van der Waals surface area contributed by atoms with E-state index in [1.54, 1.807) is 18.2 Å². The van der Waals surface area contributed by atoms with Gasteiger partial charge in [0.15, 0.2) is 18.2 Å². The van der Waals surface area contributed by atoms with E-state index in [9.17, 15) is 18.4 Å². The summed E-state index contributed by atoms with van der Waals surface area (Å²) in [5.74, 6) is -3.32. The fraction of sp³-hybridized carbons (Fsp3) is 0.176. The van der Waals surface area contributed by atoms with Gasteiger partial charge < -0.3 is 19.5 Å². The lowest BCUT2D eigenvalue weighted by Gasteiger charge is -2.12. The fourth-order valence-electron chi connectivity index (χ4n) is 1.98. The Morgan fingerprint density at radius 1 is 1.08 bits per heavy atom. The zero-order valence-electron chi connectivity index (χ0n) is 13.8. The predicted octanol–water partition coefficient (Wildman–Crippen LogP) is 3.43. The molecule has 2 aromatic rings. The maximum atomic E-state index is 13.2. The number of hydrogen-bond acceptors (Lipinski definition) is 5. The first-order valence-electron chi connectivity index (χ1n) is 7.19. The minimum Gasteiger partial charge on any atom is -0.497 e. The second-order valence-corrected chi connectivity index (χ2v) is 5.34. The molecule has 26 heavy (non-hydrogen) atoms. The summed E-state index contributed by atoms with van der Waals surface area (Å²) in [6, 6.07) is 5.96. The highest BCUT2D eigenvalue weighted by atomic mass is 35.5. The number of methoxy groups -OCH3 is 2. The van der Waals surface area contributed by atoms with Gasteiger partial charge in [-0.25, -0.2) is 13.6 Å². The third-order valence-electron chi connectivity index (χ3n) is 3.25. The lowest BCUT2D eigenvalue weighted by atomic mass is 10.2. The maximum absolute atomic E-state index is 13.2. The van der Waals surface area contributed by atoms with E-state index in [4.69, 9.17) is 25.8 Å². The third-order valence-corrected chi connectivity index (χ3v) is 3.56. The summed E-state index contributed by atoms with van der Waals surface area (Å²) in [5, 5.41) is 2.16. The molecule has 0 radical (unpaired) electrons. The Balaban J connectivity index is 2.01. The number of rotatable bonds is 6. The van der Waals surface area contributed by atoms with E-state index in [0.29, 0.717) is 29.3 Å². The highest BCUT2D eigenvalue weighted by molar-refractivity contribution is 6.33. The summed E-state index contributed by atoms with van der Waals surface area (Å²) >= 11 is 5.67. The summed E-state index contributed by atoms with van der Waals surface area (Å²) in [6.45, 7) is -0.663. The minimum absolute atomic E-state index is 0.328. The van der Waals surface area contributed by atoms with Crippen LogP contribution in [-0.4, -0.2) is 32.7 Å². The van der Waals surface area contributed by atoms with Crippen molar-refractivity contribution in [1.29, 1.82) is 0 Å². The van der Waals surface area contributed by atoms with Crippen molar-refractivity contribution in [2.45, 2.75) is 0 Å². The van der Waals surface area contributed by atoms with Crippen molar-refractivity contribution in [2.75, 3.05) is 26.1 Å². The number of halogens is 3. The molecule has 138 valence electrons. The standard InChI is InChI=1S/C17H14ClF2NO5/c1-24-9-3-4-14(15(5-9)25-2)21-16(22)8-26-17(23)10-6-12(19)13(20)7-11(10)18/h3-7H,8H2,1-2H3,(H,21,22). The molecule has 6 nitrogen and oxygen atoms in total. The molecule has 1 N–H and O–H groups in total. The molecule has 0 fully saturated rings. The first-order chi connectivity index (χ1) is 12.3. The molecule has 2 rings (SSSR count). The number of esters is 1. The van der Waals surface area contributed by atoms with Gasteiger partial charge in [-0.05, 0) is 24.3 Å². The van der Waals surface area contributed by atoms with Gasteiger partial charge in [0.25, 0.3) is 5.91 Å². The van der Waals surface area contributed by atoms with E-state index in [2.05, 4.69) is 5.32 Å². The van der Waals surface area contributed by atoms with E-state index in [0.717, 1.165) is 0 Å². The average Bonchev–Trinajstić information content (AvgIpc) is 2.63. The Morgan fingerprint density at radius 2 is 1.77 bits per heavy atom. The number of anilines is 1. The Labute approximate surface area is 152 Å². The number of benzene rings is 2. The number of carbonyl (C=O) groups is 2. The van der Waals surface area contributed by atoms with Gasteiger partial charge in [0.05, 0.1) is 30.5 Å². The molecule has 0 aliphatic rings. The van der Waals surface area contributed by atoms with Crippen molar-refractivity contribution >= 4 is 29.2 Å². The summed E-state index contributed by atoms with van der Waals surface area (Å²) in [4.78, 5) is 23.8. The van der Waals surface area contributed by atoms with Gasteiger partial charge in [0.2, 0.25) is 0 Å². The number of nitrogens with one attached hydrogen (secondary N) is 1. The SMILES string of the molecule is COc1ccc(NC(=O)COC(=O)c2cc(F)c(F)cc2Cl)c(OC)c1. The number of carbonyl (C=O) groups excluding carboxylic acids is 2. The molecule has 0 aromatic heterocycles. The van der Waals surface area contributed by atoms with Gasteiger partial charge in [0, 0.05) is 6.07 Å². The molecular formula is C17H14ClF2NO5. The van der Waals surface area contributed by atoms with Gasteiger partial charge in [-0.2, -0.15) is 0 Å². The Hall–Kier alpha value is -2.87. The van der Waals surface area contributed by atoms with Crippen LogP contribution >= 0.6 is 11.6 Å². The second-order valence-electron chi connectivity index (χ2n) is 4.94. The Morgan fingerprint density at radius 3 is 2.42 bits per heavy atom. The van der Waals surface area contributed by atoms with Crippen LogP contribution in [0.2, 0.25) is 5.02 Å². The van der Waals surface area contributed by atoms with Crippen LogP contribution in [0.3, 0.4) is 0 Å². The highest BCUT2D eigenvalue weighted by Crippen LogP contribution is 2.29. The molecule has 0 saturated heterocycles. The van der Waals surface area contributed by atoms with Gasteiger partial charge in [-0.3, -0.25) is 4.79 Å². The summed E-state index contributed by atoms with van der Waals surface area (Å²) in [7, 11) is 2.89. The van der Waals surface area contributed by atoms with Crippen LogP contribution in [0.15, 0.2) is 30.3 Å². The van der Waals surface area contributed by atoms with Crippen LogP contribution in [0.4, 0.5) is 14.5 Å². The van der Waals surface area contributed by atoms with Crippen LogP contribution in [-0.2, 0) is 9.53 Å². The van der Waals surface area contributed by atoms with Gasteiger partial charge >= 0.3 is 5.97 Å². The Kier molecular flexibility index (Phi) is 6.35. The molecular weight excluding hydrogens is 372 g/mol. The summed E-state index contributed by atoms with van der Waals surface area (Å²) in [5.41, 5.74) is -0.0550. The minimum atomic E-state index is -1.26. The molecule has 0 saturated carbocycles. The van der Waals surface area contributed by atoms with Crippen LogP contribution < -0.4 is 14.8 Å². The third kappa shape index (κ3) is 4.60. The maximum Gasteiger partial charge on any atom is 0.340 e. The highest BCUT2D eigenvalue weighted by Gasteiger charge is 2.18. The summed E-state index contributed by atoms with van der Waals surface area (Å²) < 4.78 is 41.1. The first kappa shape index (κ1) is 19.5. The van der Waals surface area contributed by atoms with Gasteiger partial charge in [-0.1, -0.05) is 11.6 Å². The van der Waals surface area contributed by atoms with Crippen LogP contribution in [0.5, 0.6) is 11.5 Å². The van der Waals surface area contributed by atoms with E-state index in [1.807, 2.05) is 0 Å². The number of hydrogen-bond donors (Lipinski definition) is 1. The second kappa shape index (κ2) is 8.48. The lowest BCUT2D eigenvalue weighted by molar-refractivity contribution is -0.119. The molecule has 0 spiro atoms. The molecule has 0 aliphatic heterocycles. The zero-order chi connectivity index (χ0) is 19.3. The largest absolute Gasteiger partial charge is 0.497 e. The van der Waals surface area contributed by atoms with Crippen molar-refractivity contribution in [1.82, 2.24) is 0 Å². The normalized spacial score (nSPS) is 10.2. The average molecular weight is 386 g/mol. The van der Waals surface area contributed by atoms with E-state index >= 15 is 0 Å². The molecule has 1 amide bonds. The van der Waals surface area contributed by atoms with Crippen LogP contribution in [0, 0.1) is 11.6 Å². The van der Waals surface area contributed by atoms with Gasteiger partial charge in [-0.15, -0.1) is 0 Å². The van der Waals surface area contributed by atoms with Crippen molar-refractivity contribution in [3.05, 3.63) is 52.6 Å². The van der Waals surface area contributed by atoms with Crippen molar-refractivity contribution in [2.24, 2.45) is 0 Å². The van der Waals surface area contributed by atoms with E-state index in [-0.39, 0.29) is 10.6 Å². The van der Waals surface area contributed by atoms with Crippen LogP contribution in [0.25, 0.3) is 0 Å². The molecule has 9 heteroatoms. The molecule has 2 aromatic carbocycles. The van der Waals surface area contributed by atoms with Crippen molar-refractivity contribution < 1.29 is 32.6 Å². The topological polar surface area (TPSA) is 73.9 Å². The van der Waals surface area contributed by atoms with E-state index < -0.39 is 30.1 Å². The Bertz CT molecular complexity index is 844. The van der Waals surface area contributed by atoms with Crippen molar-refractivity contribution in [3.63, 3.8) is 0 Å². The van der Waals surface area contributed by atoms with Crippen molar-refractivity contribution in [3.8, 4) is 11.5 Å². The first-order valence-corrected chi connectivity index (χ1v) is 7.57. The number of ether oxygens (including phenoxy) is 3. The number of amides is 1. The monoisotopic (exact) mass is 385 g/mol. The summed E-state index contributed by atoms with van der Waals surface area (Å²) in [6.07, 6.45) is 0. The molecule has 0 aliphatic carbocycles. The van der Waals surface area contributed by atoms with Crippen LogP contribution in [0.1, 0.15) is 10.4 Å². The van der Waals surface area contributed by atoms with E-state index in [1.165, 1.54) is 14.2 Å². The molecule has 0 heterocycles. The molecule has 0 bridgehead atoms. The smallest absolute Gasteiger partial charge is 0.340 e. The van der Waals surface area contributed by atoms with Gasteiger partial charge in [0.1, 0.15) is 11.5 Å². The quantitative estimate of drug-likeness (QED) is 0.609. The fourth-order valence-corrected chi connectivity index (χ4v) is 2.20. The molecule has 0 atom stereocenters. The molecule has 0 unspecified atom stereocenters. The predicted molar refractivity (Wildman–Crippen MR) is 89.8 cm³/mol.